The monoisotopic (exact) mass is 264 g/mol. The van der Waals surface area contributed by atoms with E-state index in [1.165, 1.54) is 12.8 Å². The molecule has 5 nitrogen and oxygen atoms in total. The smallest absolute Gasteiger partial charge is 0.137 e. The average Bonchev–Trinajstić information content (AvgIpc) is 2.79. The number of hydrogen-bond acceptors (Lipinski definition) is 4. The molecule has 1 aliphatic heterocycles. The largest absolute Gasteiger partial charge is 0.368 e. The maximum absolute atomic E-state index is 6.13. The molecule has 3 rings (SSSR count). The molecule has 5 heteroatoms. The standard InChI is InChI=1S/C14H24N4O/c1-12(2)7-11(13(3,4)19-12)16-8-14(5-6-14)18-10-15-9-17-18/h9-11,16H,5-8H2,1-4H3. The highest BCUT2D eigenvalue weighted by molar-refractivity contribution is 5.04. The molecule has 1 saturated heterocycles. The van der Waals surface area contributed by atoms with Crippen LogP contribution < -0.4 is 5.32 Å². The molecule has 2 fully saturated rings. The normalized spacial score (nSPS) is 30.4. The fourth-order valence-corrected chi connectivity index (χ4v) is 3.28. The lowest BCUT2D eigenvalue weighted by Gasteiger charge is -2.29. The number of hydrogen-bond donors (Lipinski definition) is 1. The van der Waals surface area contributed by atoms with E-state index in [-0.39, 0.29) is 16.7 Å². The maximum atomic E-state index is 6.13. The number of ether oxygens (including phenoxy) is 1. The van der Waals surface area contributed by atoms with Crippen molar-refractivity contribution in [3.05, 3.63) is 12.7 Å². The first-order chi connectivity index (χ1) is 8.83. The van der Waals surface area contributed by atoms with Gasteiger partial charge in [0, 0.05) is 12.6 Å². The Labute approximate surface area is 114 Å². The van der Waals surface area contributed by atoms with Crippen molar-refractivity contribution < 1.29 is 4.74 Å². The summed E-state index contributed by atoms with van der Waals surface area (Å²) < 4.78 is 8.14. The summed E-state index contributed by atoms with van der Waals surface area (Å²) in [4.78, 5) is 4.06. The number of aromatic nitrogens is 3. The molecule has 1 aromatic heterocycles. The molecule has 1 saturated carbocycles. The Morgan fingerprint density at radius 1 is 1.32 bits per heavy atom. The molecule has 2 aliphatic rings. The van der Waals surface area contributed by atoms with Crippen molar-refractivity contribution in [2.45, 2.75) is 69.7 Å². The molecule has 19 heavy (non-hydrogen) atoms. The Hall–Kier alpha value is -0.940. The minimum Gasteiger partial charge on any atom is -0.368 e. The molecule has 0 spiro atoms. The molecular weight excluding hydrogens is 240 g/mol. The van der Waals surface area contributed by atoms with E-state index in [9.17, 15) is 0 Å². The van der Waals surface area contributed by atoms with Gasteiger partial charge in [-0.05, 0) is 47.0 Å². The predicted octanol–water partition coefficient (Wildman–Crippen LogP) is 1.70. The van der Waals surface area contributed by atoms with Crippen molar-refractivity contribution in [1.29, 1.82) is 0 Å². The Morgan fingerprint density at radius 2 is 2.05 bits per heavy atom. The van der Waals surface area contributed by atoms with Gasteiger partial charge in [-0.15, -0.1) is 0 Å². The molecule has 0 aromatic carbocycles. The fourth-order valence-electron chi connectivity index (χ4n) is 3.28. The molecule has 1 unspecified atom stereocenters. The van der Waals surface area contributed by atoms with Gasteiger partial charge in [0.25, 0.3) is 0 Å². The molecule has 1 atom stereocenters. The van der Waals surface area contributed by atoms with E-state index in [2.05, 4.69) is 43.1 Å². The van der Waals surface area contributed by atoms with Crippen LogP contribution in [0.25, 0.3) is 0 Å². The van der Waals surface area contributed by atoms with Crippen LogP contribution in [0.5, 0.6) is 0 Å². The molecular formula is C14H24N4O. The highest BCUT2D eigenvalue weighted by Gasteiger charge is 2.49. The van der Waals surface area contributed by atoms with E-state index < -0.39 is 0 Å². The first-order valence-electron chi connectivity index (χ1n) is 7.12. The van der Waals surface area contributed by atoms with Crippen molar-refractivity contribution in [2.75, 3.05) is 6.54 Å². The zero-order valence-electron chi connectivity index (χ0n) is 12.3. The zero-order chi connectivity index (χ0) is 13.7. The van der Waals surface area contributed by atoms with E-state index in [0.29, 0.717) is 6.04 Å². The second-order valence-electron chi connectivity index (χ2n) is 7.17. The van der Waals surface area contributed by atoms with Crippen LogP contribution in [0, 0.1) is 0 Å². The van der Waals surface area contributed by atoms with Crippen LogP contribution in [0.2, 0.25) is 0 Å². The molecule has 0 bridgehead atoms. The minimum atomic E-state index is -0.109. The quantitative estimate of drug-likeness (QED) is 0.899. The molecule has 0 radical (unpaired) electrons. The van der Waals surface area contributed by atoms with Crippen LogP contribution in [0.1, 0.15) is 47.0 Å². The third-order valence-corrected chi connectivity index (χ3v) is 4.48. The van der Waals surface area contributed by atoms with E-state index in [0.717, 1.165) is 13.0 Å². The summed E-state index contributed by atoms with van der Waals surface area (Å²) in [5.41, 5.74) is 0.00634. The summed E-state index contributed by atoms with van der Waals surface area (Å²) in [6.07, 6.45) is 6.86. The van der Waals surface area contributed by atoms with Gasteiger partial charge in [0.2, 0.25) is 0 Å². The average molecular weight is 264 g/mol. The molecule has 106 valence electrons. The van der Waals surface area contributed by atoms with Crippen molar-refractivity contribution >= 4 is 0 Å². The molecule has 0 amide bonds. The second-order valence-corrected chi connectivity index (χ2v) is 7.17. The SMILES string of the molecule is CC1(C)CC(NCC2(n3cncn3)CC2)C(C)(C)O1. The Bertz CT molecular complexity index is 448. The molecule has 1 aliphatic carbocycles. The topological polar surface area (TPSA) is 52.0 Å². The molecule has 2 heterocycles. The van der Waals surface area contributed by atoms with Gasteiger partial charge >= 0.3 is 0 Å². The van der Waals surface area contributed by atoms with Crippen molar-refractivity contribution in [1.82, 2.24) is 20.1 Å². The number of nitrogens with zero attached hydrogens (tertiary/aromatic N) is 3. The second kappa shape index (κ2) is 4.03. The summed E-state index contributed by atoms with van der Waals surface area (Å²) in [5, 5.41) is 8.00. The predicted molar refractivity (Wildman–Crippen MR) is 72.9 cm³/mol. The third-order valence-electron chi connectivity index (χ3n) is 4.48. The first-order valence-corrected chi connectivity index (χ1v) is 7.12. The summed E-state index contributed by atoms with van der Waals surface area (Å²) in [7, 11) is 0. The van der Waals surface area contributed by atoms with E-state index in [4.69, 9.17) is 4.74 Å². The summed E-state index contributed by atoms with van der Waals surface area (Å²) in [6, 6.07) is 0.392. The van der Waals surface area contributed by atoms with Crippen LogP contribution in [0.15, 0.2) is 12.7 Å². The zero-order valence-corrected chi connectivity index (χ0v) is 12.3. The van der Waals surface area contributed by atoms with Gasteiger partial charge in [-0.1, -0.05) is 0 Å². The van der Waals surface area contributed by atoms with Crippen LogP contribution >= 0.6 is 0 Å². The lowest BCUT2D eigenvalue weighted by atomic mass is 9.94. The first kappa shape index (κ1) is 13.1. The lowest BCUT2D eigenvalue weighted by molar-refractivity contribution is -0.0700. The lowest BCUT2D eigenvalue weighted by Crippen LogP contribution is -2.47. The molecule has 1 N–H and O–H groups in total. The van der Waals surface area contributed by atoms with Gasteiger partial charge in [-0.25, -0.2) is 9.67 Å². The summed E-state index contributed by atoms with van der Waals surface area (Å²) in [6.45, 7) is 9.63. The van der Waals surface area contributed by atoms with Gasteiger partial charge in [0.15, 0.2) is 0 Å². The van der Waals surface area contributed by atoms with Crippen molar-refractivity contribution in [3.63, 3.8) is 0 Å². The van der Waals surface area contributed by atoms with Gasteiger partial charge < -0.3 is 10.1 Å². The minimum absolute atomic E-state index is 0.0366. The van der Waals surface area contributed by atoms with E-state index in [1.807, 2.05) is 11.0 Å². The summed E-state index contributed by atoms with van der Waals surface area (Å²) in [5.74, 6) is 0. The highest BCUT2D eigenvalue weighted by atomic mass is 16.5. The summed E-state index contributed by atoms with van der Waals surface area (Å²) >= 11 is 0. The Kier molecular flexibility index (Phi) is 2.77. The van der Waals surface area contributed by atoms with Crippen LogP contribution in [0.3, 0.4) is 0 Å². The van der Waals surface area contributed by atoms with Gasteiger partial charge in [0.1, 0.15) is 12.7 Å². The maximum Gasteiger partial charge on any atom is 0.137 e. The number of rotatable bonds is 4. The third kappa shape index (κ3) is 2.41. The molecule has 1 aromatic rings. The van der Waals surface area contributed by atoms with Crippen molar-refractivity contribution in [3.8, 4) is 0 Å². The van der Waals surface area contributed by atoms with Gasteiger partial charge in [-0.2, -0.15) is 5.10 Å². The van der Waals surface area contributed by atoms with Gasteiger partial charge in [-0.3, -0.25) is 0 Å². The van der Waals surface area contributed by atoms with Crippen LogP contribution in [-0.2, 0) is 10.3 Å². The Balaban J connectivity index is 1.64. The van der Waals surface area contributed by atoms with Crippen LogP contribution in [0.4, 0.5) is 0 Å². The number of nitrogens with one attached hydrogen (secondary N) is 1. The van der Waals surface area contributed by atoms with Crippen LogP contribution in [-0.4, -0.2) is 38.6 Å². The van der Waals surface area contributed by atoms with Crippen molar-refractivity contribution in [2.24, 2.45) is 0 Å². The highest BCUT2D eigenvalue weighted by Crippen LogP contribution is 2.43. The van der Waals surface area contributed by atoms with Gasteiger partial charge in [0.05, 0.1) is 16.7 Å². The fraction of sp³-hybridized carbons (Fsp3) is 0.857. The van der Waals surface area contributed by atoms with E-state index >= 15 is 0 Å². The van der Waals surface area contributed by atoms with E-state index in [1.54, 1.807) is 6.33 Å². The Morgan fingerprint density at radius 3 is 2.53 bits per heavy atom.